The number of anilines is 2. The number of nitrogens with zero attached hydrogens (tertiary/aromatic N) is 3. The van der Waals surface area contributed by atoms with Crippen molar-refractivity contribution in [3.05, 3.63) is 47.4 Å². The number of methoxy groups -OCH3 is 1. The van der Waals surface area contributed by atoms with Crippen LogP contribution in [-0.2, 0) is 11.3 Å². The highest BCUT2D eigenvalue weighted by atomic mass is 35.5. The lowest BCUT2D eigenvalue weighted by molar-refractivity contribution is 0.178. The second-order valence-electron chi connectivity index (χ2n) is 4.74. The smallest absolute Gasteiger partial charge is 0.158 e. The van der Waals surface area contributed by atoms with E-state index in [4.69, 9.17) is 16.3 Å². The van der Waals surface area contributed by atoms with Gasteiger partial charge in [0.25, 0.3) is 0 Å². The number of hydrogen-bond acceptors (Lipinski definition) is 4. The van der Waals surface area contributed by atoms with Gasteiger partial charge >= 0.3 is 0 Å². The van der Waals surface area contributed by atoms with Crippen LogP contribution in [0, 0.1) is 0 Å². The topological polar surface area (TPSA) is 38.2 Å². The minimum absolute atomic E-state index is 0.351. The van der Waals surface area contributed by atoms with Crippen LogP contribution < -0.4 is 4.90 Å². The maximum atomic E-state index is 6.12. The summed E-state index contributed by atoms with van der Waals surface area (Å²) in [5.74, 6) is 1.40. The van der Waals surface area contributed by atoms with E-state index in [1.165, 1.54) is 0 Å². The van der Waals surface area contributed by atoms with Gasteiger partial charge in [-0.1, -0.05) is 43.1 Å². The van der Waals surface area contributed by atoms with Gasteiger partial charge < -0.3 is 9.64 Å². The fourth-order valence-electron chi connectivity index (χ4n) is 2.08. The monoisotopic (exact) mass is 305 g/mol. The van der Waals surface area contributed by atoms with Crippen molar-refractivity contribution in [1.82, 2.24) is 9.97 Å². The normalized spacial score (nSPS) is 10.6. The van der Waals surface area contributed by atoms with Gasteiger partial charge in [-0.3, -0.25) is 0 Å². The molecule has 1 aromatic carbocycles. The Labute approximate surface area is 130 Å². The molecule has 0 bridgehead atoms. The van der Waals surface area contributed by atoms with Crippen LogP contribution in [0.1, 0.15) is 25.6 Å². The van der Waals surface area contributed by atoms with E-state index in [9.17, 15) is 0 Å². The largest absolute Gasteiger partial charge is 0.377 e. The predicted molar refractivity (Wildman–Crippen MR) is 86.1 cm³/mol. The van der Waals surface area contributed by atoms with Gasteiger partial charge in [0, 0.05) is 25.4 Å². The minimum atomic E-state index is 0.351. The molecular weight excluding hydrogens is 286 g/mol. The van der Waals surface area contributed by atoms with Crippen LogP contribution in [0.3, 0.4) is 0 Å². The highest BCUT2D eigenvalue weighted by molar-refractivity contribution is 6.29. The highest BCUT2D eigenvalue weighted by Crippen LogP contribution is 2.25. The van der Waals surface area contributed by atoms with Crippen LogP contribution in [0.5, 0.6) is 0 Å². The minimum Gasteiger partial charge on any atom is -0.377 e. The number of para-hydroxylation sites is 1. The number of aromatic nitrogens is 2. The molecule has 4 nitrogen and oxygen atoms in total. The molecule has 2 rings (SSSR count). The van der Waals surface area contributed by atoms with E-state index in [0.29, 0.717) is 17.6 Å². The number of ether oxygens (including phenoxy) is 1. The lowest BCUT2D eigenvalue weighted by Crippen LogP contribution is -2.20. The van der Waals surface area contributed by atoms with Crippen molar-refractivity contribution in [2.24, 2.45) is 0 Å². The number of rotatable bonds is 7. The first-order valence-corrected chi connectivity index (χ1v) is 7.47. The Balaban J connectivity index is 2.36. The summed E-state index contributed by atoms with van der Waals surface area (Å²) in [5.41, 5.74) is 1.10. The van der Waals surface area contributed by atoms with Gasteiger partial charge in [0.05, 0.1) is 0 Å². The summed E-state index contributed by atoms with van der Waals surface area (Å²) in [6, 6.07) is 12.0. The first-order chi connectivity index (χ1) is 10.2. The zero-order chi connectivity index (χ0) is 15.1. The number of hydrogen-bond donors (Lipinski definition) is 0. The van der Waals surface area contributed by atoms with Crippen LogP contribution >= 0.6 is 11.6 Å². The maximum absolute atomic E-state index is 6.12. The number of benzene rings is 1. The van der Waals surface area contributed by atoms with Gasteiger partial charge in [0.1, 0.15) is 17.6 Å². The molecule has 0 aliphatic heterocycles. The Kier molecular flexibility index (Phi) is 5.96. The van der Waals surface area contributed by atoms with E-state index in [-0.39, 0.29) is 0 Å². The summed E-state index contributed by atoms with van der Waals surface area (Å²) < 4.78 is 5.10. The van der Waals surface area contributed by atoms with Crippen LogP contribution in [0.25, 0.3) is 0 Å². The quantitative estimate of drug-likeness (QED) is 0.718. The predicted octanol–water partition coefficient (Wildman–Crippen LogP) is 4.21. The maximum Gasteiger partial charge on any atom is 0.158 e. The van der Waals surface area contributed by atoms with Crippen LogP contribution in [-0.4, -0.2) is 23.6 Å². The summed E-state index contributed by atoms with van der Waals surface area (Å²) in [6.07, 6.45) is 2.20. The Hall–Kier alpha value is -1.65. The number of unbranched alkanes of at least 4 members (excludes halogenated alkanes) is 1. The molecule has 0 radical (unpaired) electrons. The Morgan fingerprint density at radius 3 is 2.62 bits per heavy atom. The summed E-state index contributed by atoms with van der Waals surface area (Å²) in [4.78, 5) is 10.9. The molecule has 0 atom stereocenters. The van der Waals surface area contributed by atoms with Crippen molar-refractivity contribution in [2.75, 3.05) is 18.6 Å². The second kappa shape index (κ2) is 7.96. The standard InChI is InChI=1S/C16H20ClN3O/c1-3-4-10-20(13-8-6-5-7-9-13)16-11-14(17)18-15(19-16)12-21-2/h5-9,11H,3-4,10,12H2,1-2H3. The molecule has 1 aromatic heterocycles. The third-order valence-electron chi connectivity index (χ3n) is 3.08. The van der Waals surface area contributed by atoms with Crippen LogP contribution in [0.2, 0.25) is 5.15 Å². The van der Waals surface area contributed by atoms with Gasteiger partial charge in [-0.25, -0.2) is 9.97 Å². The van der Waals surface area contributed by atoms with Crippen molar-refractivity contribution in [3.8, 4) is 0 Å². The van der Waals surface area contributed by atoms with E-state index >= 15 is 0 Å². The van der Waals surface area contributed by atoms with Gasteiger partial charge in [0.2, 0.25) is 0 Å². The molecule has 0 saturated heterocycles. The van der Waals surface area contributed by atoms with Crippen LogP contribution in [0.4, 0.5) is 11.5 Å². The van der Waals surface area contributed by atoms with Gasteiger partial charge in [-0.2, -0.15) is 0 Å². The Morgan fingerprint density at radius 1 is 1.19 bits per heavy atom. The average molecular weight is 306 g/mol. The lowest BCUT2D eigenvalue weighted by atomic mass is 10.2. The fourth-order valence-corrected chi connectivity index (χ4v) is 2.28. The third-order valence-corrected chi connectivity index (χ3v) is 3.27. The molecule has 0 spiro atoms. The molecule has 0 amide bonds. The van der Waals surface area contributed by atoms with Crippen molar-refractivity contribution < 1.29 is 4.74 Å². The molecule has 21 heavy (non-hydrogen) atoms. The summed E-state index contributed by atoms with van der Waals surface area (Å²) >= 11 is 6.12. The summed E-state index contributed by atoms with van der Waals surface area (Å²) in [6.45, 7) is 3.41. The van der Waals surface area contributed by atoms with Crippen molar-refractivity contribution in [2.45, 2.75) is 26.4 Å². The molecule has 2 aromatic rings. The lowest BCUT2D eigenvalue weighted by Gasteiger charge is -2.24. The van der Waals surface area contributed by atoms with Crippen LogP contribution in [0.15, 0.2) is 36.4 Å². The number of halogens is 1. The van der Waals surface area contributed by atoms with Crippen molar-refractivity contribution in [1.29, 1.82) is 0 Å². The average Bonchev–Trinajstić information content (AvgIpc) is 2.48. The first-order valence-electron chi connectivity index (χ1n) is 7.09. The SMILES string of the molecule is CCCCN(c1ccccc1)c1cc(Cl)nc(COC)n1. The van der Waals surface area contributed by atoms with Gasteiger partial charge in [-0.05, 0) is 18.6 Å². The highest BCUT2D eigenvalue weighted by Gasteiger charge is 2.13. The molecule has 112 valence electrons. The molecule has 5 heteroatoms. The van der Waals surface area contributed by atoms with Crippen molar-refractivity contribution >= 4 is 23.1 Å². The van der Waals surface area contributed by atoms with E-state index < -0.39 is 0 Å². The molecule has 0 saturated carbocycles. The van der Waals surface area contributed by atoms with E-state index in [0.717, 1.165) is 30.9 Å². The zero-order valence-electron chi connectivity index (χ0n) is 12.4. The molecule has 0 fully saturated rings. The van der Waals surface area contributed by atoms with Gasteiger partial charge in [0.15, 0.2) is 5.82 Å². The molecule has 0 unspecified atom stereocenters. The molecule has 0 aliphatic rings. The van der Waals surface area contributed by atoms with E-state index in [2.05, 4.69) is 33.9 Å². The summed E-state index contributed by atoms with van der Waals surface area (Å²) in [7, 11) is 1.62. The third kappa shape index (κ3) is 4.41. The fraction of sp³-hybridized carbons (Fsp3) is 0.375. The van der Waals surface area contributed by atoms with Crippen molar-refractivity contribution in [3.63, 3.8) is 0 Å². The second-order valence-corrected chi connectivity index (χ2v) is 5.13. The summed E-state index contributed by atoms with van der Waals surface area (Å²) in [5, 5.41) is 0.435. The van der Waals surface area contributed by atoms with Gasteiger partial charge in [-0.15, -0.1) is 0 Å². The molecule has 1 heterocycles. The molecule has 0 aliphatic carbocycles. The van der Waals surface area contributed by atoms with E-state index in [1.54, 1.807) is 13.2 Å². The zero-order valence-corrected chi connectivity index (χ0v) is 13.2. The van der Waals surface area contributed by atoms with E-state index in [1.807, 2.05) is 18.2 Å². The molecule has 0 N–H and O–H groups in total. The first kappa shape index (κ1) is 15.7. The Bertz CT molecular complexity index is 563. The Morgan fingerprint density at radius 2 is 1.95 bits per heavy atom. The molecular formula is C16H20ClN3O.